The summed E-state index contributed by atoms with van der Waals surface area (Å²) in [5.74, 6) is 0.336. The third-order valence-electron chi connectivity index (χ3n) is 3.34. The van der Waals surface area contributed by atoms with Gasteiger partial charge in [0.2, 0.25) is 11.8 Å². The molecule has 0 aromatic rings. The molecule has 0 aromatic carbocycles. The molecule has 0 radical (unpaired) electrons. The van der Waals surface area contributed by atoms with E-state index in [-0.39, 0.29) is 11.8 Å². The van der Waals surface area contributed by atoms with Gasteiger partial charge in [0.05, 0.1) is 0 Å². The SMILES string of the molecule is O=C1CCCCCN1COCN1CCCC1=O. The lowest BCUT2D eigenvalue weighted by atomic mass is 10.2. The Bertz CT molecular complexity index is 293. The van der Waals surface area contributed by atoms with Crippen LogP contribution in [0.25, 0.3) is 0 Å². The summed E-state index contributed by atoms with van der Waals surface area (Å²) in [5.41, 5.74) is 0. The molecule has 2 aliphatic rings. The van der Waals surface area contributed by atoms with E-state index in [0.29, 0.717) is 26.3 Å². The summed E-state index contributed by atoms with van der Waals surface area (Å²) in [6.45, 7) is 2.21. The predicted molar refractivity (Wildman–Crippen MR) is 61.9 cm³/mol. The third kappa shape index (κ3) is 3.43. The monoisotopic (exact) mass is 240 g/mol. The molecule has 0 aromatic heterocycles. The van der Waals surface area contributed by atoms with Crippen LogP contribution >= 0.6 is 0 Å². The van der Waals surface area contributed by atoms with Crippen molar-refractivity contribution >= 4 is 11.8 Å². The number of ether oxygens (including phenoxy) is 1. The Morgan fingerprint density at radius 3 is 2.06 bits per heavy atom. The molecule has 2 amide bonds. The van der Waals surface area contributed by atoms with Gasteiger partial charge in [0.1, 0.15) is 13.5 Å². The second-order valence-corrected chi connectivity index (χ2v) is 4.69. The van der Waals surface area contributed by atoms with Crippen LogP contribution in [0.3, 0.4) is 0 Å². The number of carbonyl (C=O) groups excluding carboxylic acids is 2. The van der Waals surface area contributed by atoms with Crippen LogP contribution in [-0.2, 0) is 14.3 Å². The minimum atomic E-state index is 0.159. The molecular weight excluding hydrogens is 220 g/mol. The molecule has 2 heterocycles. The maximum absolute atomic E-state index is 11.7. The topological polar surface area (TPSA) is 49.9 Å². The van der Waals surface area contributed by atoms with Gasteiger partial charge >= 0.3 is 0 Å². The predicted octanol–water partition coefficient (Wildman–Crippen LogP) is 0.943. The Morgan fingerprint density at radius 2 is 1.41 bits per heavy atom. The molecule has 17 heavy (non-hydrogen) atoms. The molecule has 2 saturated heterocycles. The smallest absolute Gasteiger partial charge is 0.224 e. The highest BCUT2D eigenvalue weighted by Crippen LogP contribution is 2.12. The molecule has 5 heteroatoms. The van der Waals surface area contributed by atoms with Gasteiger partial charge in [-0.15, -0.1) is 0 Å². The summed E-state index contributed by atoms with van der Waals surface area (Å²) in [4.78, 5) is 26.5. The maximum Gasteiger partial charge on any atom is 0.224 e. The largest absolute Gasteiger partial charge is 0.341 e. The maximum atomic E-state index is 11.7. The van der Waals surface area contributed by atoms with Gasteiger partial charge in [-0.3, -0.25) is 9.59 Å². The fourth-order valence-electron chi connectivity index (χ4n) is 2.28. The zero-order valence-electron chi connectivity index (χ0n) is 10.2. The number of rotatable bonds is 4. The Hall–Kier alpha value is -1.10. The van der Waals surface area contributed by atoms with Crippen molar-refractivity contribution in [3.63, 3.8) is 0 Å². The number of hydrogen-bond acceptors (Lipinski definition) is 3. The second kappa shape index (κ2) is 6.00. The van der Waals surface area contributed by atoms with E-state index in [4.69, 9.17) is 4.74 Å². The van der Waals surface area contributed by atoms with E-state index in [0.717, 1.165) is 38.8 Å². The van der Waals surface area contributed by atoms with Gasteiger partial charge in [0.15, 0.2) is 0 Å². The lowest BCUT2D eigenvalue weighted by Gasteiger charge is -2.22. The van der Waals surface area contributed by atoms with Crippen molar-refractivity contribution in [2.24, 2.45) is 0 Å². The first-order chi connectivity index (χ1) is 8.27. The minimum absolute atomic E-state index is 0.159. The van der Waals surface area contributed by atoms with E-state index in [9.17, 15) is 9.59 Å². The lowest BCUT2D eigenvalue weighted by molar-refractivity contribution is -0.141. The first kappa shape index (κ1) is 12.4. The van der Waals surface area contributed by atoms with Gasteiger partial charge in [-0.05, 0) is 19.3 Å². The standard InChI is InChI=1S/C12H20N2O3/c15-11-5-2-1-3-7-13(11)9-17-10-14-8-4-6-12(14)16/h1-10H2. The second-order valence-electron chi connectivity index (χ2n) is 4.69. The lowest BCUT2D eigenvalue weighted by Crippen LogP contribution is -2.35. The summed E-state index contributed by atoms with van der Waals surface area (Å²) < 4.78 is 5.46. The molecule has 2 rings (SSSR count). The molecule has 0 atom stereocenters. The molecule has 0 saturated carbocycles. The van der Waals surface area contributed by atoms with Crippen molar-refractivity contribution in [3.05, 3.63) is 0 Å². The average Bonchev–Trinajstić information content (AvgIpc) is 2.60. The fourth-order valence-corrected chi connectivity index (χ4v) is 2.28. The van der Waals surface area contributed by atoms with Gasteiger partial charge in [0.25, 0.3) is 0 Å². The average molecular weight is 240 g/mol. The first-order valence-corrected chi connectivity index (χ1v) is 6.40. The number of likely N-dealkylation sites (tertiary alicyclic amines) is 2. The molecule has 2 aliphatic heterocycles. The van der Waals surface area contributed by atoms with Crippen molar-refractivity contribution < 1.29 is 14.3 Å². The molecule has 5 nitrogen and oxygen atoms in total. The van der Waals surface area contributed by atoms with E-state index < -0.39 is 0 Å². The molecule has 96 valence electrons. The molecule has 0 spiro atoms. The van der Waals surface area contributed by atoms with E-state index in [1.165, 1.54) is 0 Å². The van der Waals surface area contributed by atoms with Gasteiger partial charge in [-0.2, -0.15) is 0 Å². The number of hydrogen-bond donors (Lipinski definition) is 0. The summed E-state index contributed by atoms with van der Waals surface area (Å²) in [6.07, 6.45) is 5.34. The quantitative estimate of drug-likeness (QED) is 0.735. The van der Waals surface area contributed by atoms with Crippen LogP contribution < -0.4 is 0 Å². The Morgan fingerprint density at radius 1 is 0.824 bits per heavy atom. The third-order valence-corrected chi connectivity index (χ3v) is 3.34. The van der Waals surface area contributed by atoms with Gasteiger partial charge in [0, 0.05) is 25.9 Å². The number of amides is 2. The zero-order chi connectivity index (χ0) is 12.1. The number of nitrogens with zero attached hydrogens (tertiary/aromatic N) is 2. The fraction of sp³-hybridized carbons (Fsp3) is 0.833. The van der Waals surface area contributed by atoms with E-state index in [1.807, 2.05) is 0 Å². The van der Waals surface area contributed by atoms with Crippen LogP contribution in [-0.4, -0.2) is 48.2 Å². The van der Waals surface area contributed by atoms with Gasteiger partial charge in [-0.25, -0.2) is 0 Å². The molecule has 0 N–H and O–H groups in total. The summed E-state index contributed by atoms with van der Waals surface area (Å²) in [5, 5.41) is 0. The molecule has 0 unspecified atom stereocenters. The van der Waals surface area contributed by atoms with E-state index in [2.05, 4.69) is 0 Å². The van der Waals surface area contributed by atoms with Gasteiger partial charge < -0.3 is 14.5 Å². The zero-order valence-corrected chi connectivity index (χ0v) is 10.2. The van der Waals surface area contributed by atoms with Crippen LogP contribution in [0.4, 0.5) is 0 Å². The highest BCUT2D eigenvalue weighted by molar-refractivity contribution is 5.78. The summed E-state index contributed by atoms with van der Waals surface area (Å²) in [7, 11) is 0. The van der Waals surface area contributed by atoms with Crippen LogP contribution in [0.15, 0.2) is 0 Å². The minimum Gasteiger partial charge on any atom is -0.341 e. The molecular formula is C12H20N2O3. The van der Waals surface area contributed by atoms with Gasteiger partial charge in [-0.1, -0.05) is 6.42 Å². The Labute approximate surface area is 102 Å². The van der Waals surface area contributed by atoms with E-state index >= 15 is 0 Å². The summed E-state index contributed by atoms with van der Waals surface area (Å²) >= 11 is 0. The van der Waals surface area contributed by atoms with Crippen molar-refractivity contribution in [3.8, 4) is 0 Å². The number of carbonyl (C=O) groups is 2. The molecule has 0 aliphatic carbocycles. The molecule has 0 bridgehead atoms. The van der Waals surface area contributed by atoms with Crippen molar-refractivity contribution in [2.75, 3.05) is 26.6 Å². The molecule has 2 fully saturated rings. The Kier molecular flexibility index (Phi) is 4.36. The highest BCUT2D eigenvalue weighted by Gasteiger charge is 2.21. The Balaban J connectivity index is 1.69. The van der Waals surface area contributed by atoms with Crippen LogP contribution in [0, 0.1) is 0 Å². The summed E-state index contributed by atoms with van der Waals surface area (Å²) in [6, 6.07) is 0. The van der Waals surface area contributed by atoms with Crippen molar-refractivity contribution in [2.45, 2.75) is 38.5 Å². The van der Waals surface area contributed by atoms with Crippen LogP contribution in [0.1, 0.15) is 38.5 Å². The van der Waals surface area contributed by atoms with E-state index in [1.54, 1.807) is 9.80 Å². The van der Waals surface area contributed by atoms with Crippen molar-refractivity contribution in [1.29, 1.82) is 0 Å². The van der Waals surface area contributed by atoms with Crippen LogP contribution in [0.2, 0.25) is 0 Å². The first-order valence-electron chi connectivity index (χ1n) is 6.40. The highest BCUT2D eigenvalue weighted by atomic mass is 16.5. The normalized spacial score (nSPS) is 22.1. The van der Waals surface area contributed by atoms with Crippen LogP contribution in [0.5, 0.6) is 0 Å². The van der Waals surface area contributed by atoms with Crippen molar-refractivity contribution in [1.82, 2.24) is 9.80 Å².